The third-order valence-electron chi connectivity index (χ3n) is 6.05. The van der Waals surface area contributed by atoms with Crippen molar-refractivity contribution in [1.29, 1.82) is 0 Å². The van der Waals surface area contributed by atoms with Gasteiger partial charge in [0.2, 0.25) is 11.8 Å². The Morgan fingerprint density at radius 2 is 1.46 bits per heavy atom. The number of nitrogens with one attached hydrogen (secondary N) is 1. The average Bonchev–Trinajstić information content (AvgIpc) is 2.91. The van der Waals surface area contributed by atoms with Gasteiger partial charge < -0.3 is 19.7 Å². The molecule has 0 aliphatic heterocycles. The van der Waals surface area contributed by atoms with E-state index in [1.54, 1.807) is 12.0 Å². The quantitative estimate of drug-likeness (QED) is 0.321. The van der Waals surface area contributed by atoms with Crippen LogP contribution >= 0.6 is 0 Å². The summed E-state index contributed by atoms with van der Waals surface area (Å²) < 4.78 is 10.9. The molecular formula is C31H38N2O4. The van der Waals surface area contributed by atoms with Crippen LogP contribution in [0.5, 0.6) is 5.75 Å². The van der Waals surface area contributed by atoms with Crippen LogP contribution in [0.15, 0.2) is 84.9 Å². The minimum absolute atomic E-state index is 0.0961. The van der Waals surface area contributed by atoms with Gasteiger partial charge in [-0.1, -0.05) is 72.8 Å². The van der Waals surface area contributed by atoms with Crippen LogP contribution < -0.4 is 10.1 Å². The monoisotopic (exact) mass is 502 g/mol. The highest BCUT2D eigenvalue weighted by Crippen LogP contribution is 2.18. The molecule has 0 fully saturated rings. The molecule has 1 unspecified atom stereocenters. The molecule has 0 aliphatic rings. The van der Waals surface area contributed by atoms with Crippen LogP contribution in [-0.4, -0.2) is 49.1 Å². The van der Waals surface area contributed by atoms with Crippen molar-refractivity contribution in [2.24, 2.45) is 0 Å². The van der Waals surface area contributed by atoms with Crippen LogP contribution in [0, 0.1) is 0 Å². The first-order valence-electron chi connectivity index (χ1n) is 12.9. The second kappa shape index (κ2) is 14.8. The summed E-state index contributed by atoms with van der Waals surface area (Å²) in [4.78, 5) is 29.0. The lowest BCUT2D eigenvalue weighted by molar-refractivity contribution is -0.140. The largest absolute Gasteiger partial charge is 0.497 e. The number of rotatable bonds is 14. The minimum atomic E-state index is -0.660. The molecule has 6 nitrogen and oxygen atoms in total. The summed E-state index contributed by atoms with van der Waals surface area (Å²) >= 11 is 0. The van der Waals surface area contributed by atoms with E-state index in [0.717, 1.165) is 22.4 Å². The maximum atomic E-state index is 13.7. The summed E-state index contributed by atoms with van der Waals surface area (Å²) in [5.41, 5.74) is 2.84. The Hall–Kier alpha value is -3.64. The number of carbonyl (C=O) groups is 2. The molecule has 0 aromatic heterocycles. The molecule has 37 heavy (non-hydrogen) atoms. The Labute approximate surface area is 220 Å². The number of methoxy groups -OCH3 is 1. The van der Waals surface area contributed by atoms with E-state index in [4.69, 9.17) is 9.47 Å². The number of hydrogen-bond donors (Lipinski definition) is 1. The molecule has 2 amide bonds. The Kier molecular flexibility index (Phi) is 11.2. The summed E-state index contributed by atoms with van der Waals surface area (Å²) in [7, 11) is 1.62. The van der Waals surface area contributed by atoms with Crippen LogP contribution in [0.2, 0.25) is 0 Å². The second-order valence-electron chi connectivity index (χ2n) is 9.30. The molecule has 0 aliphatic carbocycles. The molecule has 3 aromatic carbocycles. The predicted molar refractivity (Wildman–Crippen MR) is 146 cm³/mol. The third kappa shape index (κ3) is 9.39. The van der Waals surface area contributed by atoms with Crippen molar-refractivity contribution in [2.75, 3.05) is 20.3 Å². The highest BCUT2D eigenvalue weighted by atomic mass is 16.5. The first-order valence-corrected chi connectivity index (χ1v) is 12.9. The smallest absolute Gasteiger partial charge is 0.243 e. The van der Waals surface area contributed by atoms with Gasteiger partial charge in [-0.25, -0.2) is 0 Å². The van der Waals surface area contributed by atoms with E-state index < -0.39 is 6.04 Å². The molecule has 1 atom stereocenters. The third-order valence-corrected chi connectivity index (χ3v) is 6.05. The molecule has 0 saturated heterocycles. The van der Waals surface area contributed by atoms with Gasteiger partial charge in [-0.2, -0.15) is 0 Å². The first kappa shape index (κ1) is 27.9. The standard InChI is InChI=1S/C31H38N2O4/c1-24(2)37-20-10-19-32-31(35)29(21-25-11-6-4-7-12-25)33(23-27-15-17-28(36-3)18-16-27)30(34)22-26-13-8-5-9-14-26/h4-9,11-18,24,29H,10,19-23H2,1-3H3,(H,32,35). The summed E-state index contributed by atoms with van der Waals surface area (Å²) in [5, 5.41) is 3.05. The molecule has 3 aromatic rings. The lowest BCUT2D eigenvalue weighted by Crippen LogP contribution is -2.51. The number of carbonyl (C=O) groups excluding carboxylic acids is 2. The average molecular weight is 503 g/mol. The summed E-state index contributed by atoms with van der Waals surface area (Å²) in [6.45, 7) is 5.36. The van der Waals surface area contributed by atoms with Gasteiger partial charge in [0.05, 0.1) is 19.6 Å². The molecule has 0 radical (unpaired) electrons. The normalized spacial score (nSPS) is 11.7. The number of benzene rings is 3. The molecule has 1 N–H and O–H groups in total. The molecule has 6 heteroatoms. The van der Waals surface area contributed by atoms with E-state index in [9.17, 15) is 9.59 Å². The molecule has 196 valence electrons. The maximum Gasteiger partial charge on any atom is 0.243 e. The second-order valence-corrected chi connectivity index (χ2v) is 9.30. The van der Waals surface area contributed by atoms with Crippen LogP contribution in [0.4, 0.5) is 0 Å². The molecule has 0 bridgehead atoms. The van der Waals surface area contributed by atoms with E-state index in [-0.39, 0.29) is 24.3 Å². The van der Waals surface area contributed by atoms with Gasteiger partial charge in [0.25, 0.3) is 0 Å². The van der Waals surface area contributed by atoms with Gasteiger partial charge in [-0.3, -0.25) is 9.59 Å². The molecular weight excluding hydrogens is 464 g/mol. The number of nitrogens with zero attached hydrogens (tertiary/aromatic N) is 1. The lowest BCUT2D eigenvalue weighted by Gasteiger charge is -2.32. The van der Waals surface area contributed by atoms with Gasteiger partial charge in [0.1, 0.15) is 11.8 Å². The fourth-order valence-corrected chi connectivity index (χ4v) is 4.07. The zero-order valence-electron chi connectivity index (χ0n) is 22.1. The molecule has 0 saturated carbocycles. The van der Waals surface area contributed by atoms with Crippen molar-refractivity contribution in [3.05, 3.63) is 102 Å². The van der Waals surface area contributed by atoms with Gasteiger partial charge in [-0.15, -0.1) is 0 Å². The van der Waals surface area contributed by atoms with E-state index in [0.29, 0.717) is 32.5 Å². The zero-order chi connectivity index (χ0) is 26.5. The molecule has 0 spiro atoms. The van der Waals surface area contributed by atoms with Crippen molar-refractivity contribution in [3.63, 3.8) is 0 Å². The fourth-order valence-electron chi connectivity index (χ4n) is 4.07. The maximum absolute atomic E-state index is 13.7. The Bertz CT molecular complexity index is 1090. The van der Waals surface area contributed by atoms with Gasteiger partial charge >= 0.3 is 0 Å². The highest BCUT2D eigenvalue weighted by molar-refractivity contribution is 5.88. The van der Waals surface area contributed by atoms with Gasteiger partial charge in [-0.05, 0) is 49.1 Å². The Morgan fingerprint density at radius 1 is 0.838 bits per heavy atom. The molecule has 0 heterocycles. The van der Waals surface area contributed by atoms with Crippen molar-refractivity contribution < 1.29 is 19.1 Å². The van der Waals surface area contributed by atoms with Crippen LogP contribution in [-0.2, 0) is 33.7 Å². The summed E-state index contributed by atoms with van der Waals surface area (Å²) in [5.74, 6) is 0.484. The minimum Gasteiger partial charge on any atom is -0.497 e. The number of hydrogen-bond acceptors (Lipinski definition) is 4. The lowest BCUT2D eigenvalue weighted by atomic mass is 10.0. The van der Waals surface area contributed by atoms with E-state index in [2.05, 4.69) is 5.32 Å². The molecule has 3 rings (SSSR count). The van der Waals surface area contributed by atoms with E-state index in [1.807, 2.05) is 98.8 Å². The van der Waals surface area contributed by atoms with Crippen molar-refractivity contribution in [2.45, 2.75) is 51.8 Å². The highest BCUT2D eigenvalue weighted by Gasteiger charge is 2.30. The summed E-state index contributed by atoms with van der Waals surface area (Å²) in [6, 6.07) is 26.4. The Balaban J connectivity index is 1.85. The van der Waals surface area contributed by atoms with Crippen molar-refractivity contribution in [3.8, 4) is 5.75 Å². The number of amides is 2. The van der Waals surface area contributed by atoms with Crippen molar-refractivity contribution >= 4 is 11.8 Å². The van der Waals surface area contributed by atoms with Gasteiger partial charge in [0.15, 0.2) is 0 Å². The topological polar surface area (TPSA) is 67.9 Å². The first-order chi connectivity index (χ1) is 18.0. The zero-order valence-corrected chi connectivity index (χ0v) is 22.1. The van der Waals surface area contributed by atoms with Crippen molar-refractivity contribution in [1.82, 2.24) is 10.2 Å². The SMILES string of the molecule is COc1ccc(CN(C(=O)Cc2ccccc2)C(Cc2ccccc2)C(=O)NCCCOC(C)C)cc1. The van der Waals surface area contributed by atoms with E-state index >= 15 is 0 Å². The van der Waals surface area contributed by atoms with Crippen LogP contribution in [0.3, 0.4) is 0 Å². The van der Waals surface area contributed by atoms with E-state index in [1.165, 1.54) is 0 Å². The number of ether oxygens (including phenoxy) is 2. The van der Waals surface area contributed by atoms with Crippen LogP contribution in [0.25, 0.3) is 0 Å². The fraction of sp³-hybridized carbons (Fsp3) is 0.355. The Morgan fingerprint density at radius 3 is 2.05 bits per heavy atom. The predicted octanol–water partition coefficient (Wildman–Crippen LogP) is 4.81. The van der Waals surface area contributed by atoms with Gasteiger partial charge in [0, 0.05) is 26.1 Å². The van der Waals surface area contributed by atoms with Crippen LogP contribution in [0.1, 0.15) is 37.0 Å². The summed E-state index contributed by atoms with van der Waals surface area (Å²) in [6.07, 6.45) is 1.50.